The minimum absolute atomic E-state index is 0.208. The van der Waals surface area contributed by atoms with Crippen molar-refractivity contribution in [3.63, 3.8) is 0 Å². The number of halogens is 2. The number of aromatic nitrogens is 1. The van der Waals surface area contributed by atoms with Gasteiger partial charge in [0.1, 0.15) is 0 Å². The smallest absolute Gasteiger partial charge is 0.218 e. The summed E-state index contributed by atoms with van der Waals surface area (Å²) in [5.41, 5.74) is 0.208. The van der Waals surface area contributed by atoms with Gasteiger partial charge in [0, 0.05) is 16.2 Å². The van der Waals surface area contributed by atoms with E-state index < -0.39 is 12.1 Å². The Labute approximate surface area is 85.9 Å². The molecule has 4 heteroatoms. The first-order valence-corrected chi connectivity index (χ1v) is 4.89. The van der Waals surface area contributed by atoms with Gasteiger partial charge < -0.3 is 5.11 Å². The number of aliphatic hydroxyl groups excluding tert-OH is 1. The van der Waals surface area contributed by atoms with Crippen LogP contribution in [0.5, 0.6) is 0 Å². The summed E-state index contributed by atoms with van der Waals surface area (Å²) in [5.74, 6) is -0.622. The molecule has 1 heterocycles. The molecular formula is C9H13BrFNO. The van der Waals surface area contributed by atoms with Gasteiger partial charge in [-0.25, -0.2) is 4.98 Å². The van der Waals surface area contributed by atoms with Crippen LogP contribution in [0.25, 0.3) is 0 Å². The zero-order valence-electron chi connectivity index (χ0n) is 7.88. The number of aliphatic hydroxyl groups is 1. The summed E-state index contributed by atoms with van der Waals surface area (Å²) in [6.07, 6.45) is 0.529. The molecule has 1 unspecified atom stereocenters. The van der Waals surface area contributed by atoms with Crippen molar-refractivity contribution in [3.8, 4) is 0 Å². The normalized spacial score (nSPS) is 11.5. The summed E-state index contributed by atoms with van der Waals surface area (Å²) >= 11 is 3.12. The molecule has 13 heavy (non-hydrogen) atoms. The van der Waals surface area contributed by atoms with E-state index in [4.69, 9.17) is 5.11 Å². The Morgan fingerprint density at radius 2 is 2.08 bits per heavy atom. The number of rotatable bonds is 1. The van der Waals surface area contributed by atoms with E-state index >= 15 is 0 Å². The van der Waals surface area contributed by atoms with Crippen LogP contribution in [0.2, 0.25) is 0 Å². The van der Waals surface area contributed by atoms with Crippen LogP contribution in [-0.4, -0.2) is 10.1 Å². The van der Waals surface area contributed by atoms with Crippen molar-refractivity contribution in [2.24, 2.45) is 0 Å². The van der Waals surface area contributed by atoms with Gasteiger partial charge in [-0.2, -0.15) is 4.39 Å². The van der Waals surface area contributed by atoms with Gasteiger partial charge in [0.25, 0.3) is 0 Å². The molecule has 0 fully saturated rings. The molecule has 1 N–H and O–H groups in total. The fourth-order valence-electron chi connectivity index (χ4n) is 0.731. The van der Waals surface area contributed by atoms with Crippen LogP contribution in [0.4, 0.5) is 4.39 Å². The number of pyridine rings is 1. The van der Waals surface area contributed by atoms with Crippen LogP contribution in [0, 0.1) is 5.95 Å². The fourth-order valence-corrected chi connectivity index (χ4v) is 1.08. The minimum atomic E-state index is -0.819. The van der Waals surface area contributed by atoms with Gasteiger partial charge in [0.15, 0.2) is 0 Å². The molecule has 0 radical (unpaired) electrons. The van der Waals surface area contributed by atoms with Crippen molar-refractivity contribution in [1.82, 2.24) is 4.98 Å². The molecule has 0 saturated carbocycles. The molecule has 0 amide bonds. The zero-order chi connectivity index (χ0) is 10.4. The standard InChI is InChI=1S/C7H7BrFNO.C2H6/c1-4(11)6-2-5(8)3-10-7(6)9;1-2/h2-4,11H,1H3;1-2H3. The highest BCUT2D eigenvalue weighted by Gasteiger charge is 2.08. The van der Waals surface area contributed by atoms with Gasteiger partial charge in [0.2, 0.25) is 5.95 Å². The van der Waals surface area contributed by atoms with E-state index in [-0.39, 0.29) is 5.56 Å². The Hall–Kier alpha value is -0.480. The lowest BCUT2D eigenvalue weighted by Gasteiger charge is -2.04. The quantitative estimate of drug-likeness (QED) is 0.777. The van der Waals surface area contributed by atoms with E-state index in [9.17, 15) is 4.39 Å². The molecule has 0 bridgehead atoms. The third-order valence-electron chi connectivity index (χ3n) is 1.28. The average Bonchev–Trinajstić information content (AvgIpc) is 2.12. The molecule has 0 saturated heterocycles. The second kappa shape index (κ2) is 6.05. The van der Waals surface area contributed by atoms with Crippen molar-refractivity contribution in [2.75, 3.05) is 0 Å². The van der Waals surface area contributed by atoms with Crippen LogP contribution < -0.4 is 0 Å². The number of hydrogen-bond acceptors (Lipinski definition) is 2. The van der Waals surface area contributed by atoms with Crippen molar-refractivity contribution in [2.45, 2.75) is 26.9 Å². The van der Waals surface area contributed by atoms with Crippen LogP contribution >= 0.6 is 15.9 Å². The first-order chi connectivity index (χ1) is 6.11. The van der Waals surface area contributed by atoms with Crippen molar-refractivity contribution in [3.05, 3.63) is 28.2 Å². The molecule has 1 aromatic heterocycles. The lowest BCUT2D eigenvalue weighted by Crippen LogP contribution is -1.97. The SMILES string of the molecule is CC.CC(O)c1cc(Br)cnc1F. The molecule has 0 aliphatic rings. The second-order valence-corrected chi connectivity index (χ2v) is 3.13. The molecule has 0 aliphatic heterocycles. The van der Waals surface area contributed by atoms with Crippen molar-refractivity contribution < 1.29 is 9.50 Å². The Balaban J connectivity index is 0.000000671. The van der Waals surface area contributed by atoms with E-state index in [0.717, 1.165) is 0 Å². The molecule has 1 atom stereocenters. The number of nitrogens with zero attached hydrogens (tertiary/aromatic N) is 1. The average molecular weight is 250 g/mol. The molecule has 2 nitrogen and oxygen atoms in total. The summed E-state index contributed by atoms with van der Waals surface area (Å²) < 4.78 is 13.4. The van der Waals surface area contributed by atoms with Crippen LogP contribution in [-0.2, 0) is 0 Å². The van der Waals surface area contributed by atoms with Gasteiger partial charge in [-0.1, -0.05) is 13.8 Å². The monoisotopic (exact) mass is 249 g/mol. The van der Waals surface area contributed by atoms with Gasteiger partial charge >= 0.3 is 0 Å². The first-order valence-electron chi connectivity index (χ1n) is 4.10. The molecule has 0 aromatic carbocycles. The topological polar surface area (TPSA) is 33.1 Å². The summed E-state index contributed by atoms with van der Waals surface area (Å²) in [6.45, 7) is 5.49. The molecule has 74 valence electrons. The lowest BCUT2D eigenvalue weighted by atomic mass is 10.2. The van der Waals surface area contributed by atoms with E-state index in [1.165, 1.54) is 19.2 Å². The van der Waals surface area contributed by atoms with E-state index in [1.807, 2.05) is 13.8 Å². The highest BCUT2D eigenvalue weighted by Crippen LogP contribution is 2.18. The highest BCUT2D eigenvalue weighted by molar-refractivity contribution is 9.10. The first kappa shape index (κ1) is 12.5. The maximum absolute atomic E-state index is 12.7. The van der Waals surface area contributed by atoms with Crippen LogP contribution in [0.1, 0.15) is 32.4 Å². The summed E-state index contributed by atoms with van der Waals surface area (Å²) in [6, 6.07) is 1.51. The summed E-state index contributed by atoms with van der Waals surface area (Å²) in [7, 11) is 0. The Morgan fingerprint density at radius 1 is 1.54 bits per heavy atom. The minimum Gasteiger partial charge on any atom is -0.389 e. The van der Waals surface area contributed by atoms with Gasteiger partial charge in [-0.05, 0) is 28.9 Å². The molecule has 0 spiro atoms. The summed E-state index contributed by atoms with van der Waals surface area (Å²) in [5, 5.41) is 9.03. The largest absolute Gasteiger partial charge is 0.389 e. The molecule has 0 aliphatic carbocycles. The second-order valence-electron chi connectivity index (χ2n) is 2.21. The Bertz CT molecular complexity index is 266. The van der Waals surface area contributed by atoms with Crippen molar-refractivity contribution >= 4 is 15.9 Å². The van der Waals surface area contributed by atoms with E-state index in [1.54, 1.807) is 0 Å². The predicted molar refractivity (Wildman–Crippen MR) is 53.9 cm³/mol. The third-order valence-corrected chi connectivity index (χ3v) is 1.72. The fraction of sp³-hybridized carbons (Fsp3) is 0.444. The molecular weight excluding hydrogens is 237 g/mol. The predicted octanol–water partition coefficient (Wildman–Crippen LogP) is 3.06. The number of hydrogen-bond donors (Lipinski definition) is 1. The maximum atomic E-state index is 12.7. The molecule has 1 aromatic rings. The maximum Gasteiger partial charge on any atom is 0.218 e. The van der Waals surface area contributed by atoms with Gasteiger partial charge in [0.05, 0.1) is 6.10 Å². The van der Waals surface area contributed by atoms with E-state index in [0.29, 0.717) is 4.47 Å². The van der Waals surface area contributed by atoms with Gasteiger partial charge in [-0.3, -0.25) is 0 Å². The van der Waals surface area contributed by atoms with Crippen LogP contribution in [0.15, 0.2) is 16.7 Å². The molecule has 1 rings (SSSR count). The van der Waals surface area contributed by atoms with Crippen molar-refractivity contribution in [1.29, 1.82) is 0 Å². The Kier molecular flexibility index (Phi) is 5.82. The van der Waals surface area contributed by atoms with Crippen LogP contribution in [0.3, 0.4) is 0 Å². The Morgan fingerprint density at radius 3 is 2.46 bits per heavy atom. The third kappa shape index (κ3) is 3.83. The lowest BCUT2D eigenvalue weighted by molar-refractivity contribution is 0.193. The summed E-state index contributed by atoms with van der Waals surface area (Å²) in [4.78, 5) is 3.43. The highest BCUT2D eigenvalue weighted by atomic mass is 79.9. The van der Waals surface area contributed by atoms with E-state index in [2.05, 4.69) is 20.9 Å². The zero-order valence-corrected chi connectivity index (χ0v) is 9.47. The van der Waals surface area contributed by atoms with Gasteiger partial charge in [-0.15, -0.1) is 0 Å².